The van der Waals surface area contributed by atoms with E-state index in [-0.39, 0.29) is 11.3 Å². The number of thiophene rings is 1. The lowest BCUT2D eigenvalue weighted by Gasteiger charge is -2.08. The smallest absolute Gasteiger partial charge is 0.262 e. The number of halogens is 1. The molecule has 0 bridgehead atoms. The Morgan fingerprint density at radius 1 is 1.39 bits per heavy atom. The van der Waals surface area contributed by atoms with Crippen LogP contribution in [0.3, 0.4) is 0 Å². The molecule has 0 radical (unpaired) electrons. The number of hydrogen-bond acceptors (Lipinski definition) is 4. The van der Waals surface area contributed by atoms with Crippen LogP contribution in [0, 0.1) is 5.82 Å². The first-order valence-corrected chi connectivity index (χ1v) is 8.31. The van der Waals surface area contributed by atoms with Crippen molar-refractivity contribution in [3.05, 3.63) is 56.7 Å². The van der Waals surface area contributed by atoms with Gasteiger partial charge in [0.25, 0.3) is 5.56 Å². The van der Waals surface area contributed by atoms with E-state index in [1.165, 1.54) is 18.1 Å². The summed E-state index contributed by atoms with van der Waals surface area (Å²) in [6.45, 7) is 0.299. The molecule has 1 aromatic carbocycles. The number of ether oxygens (including phenoxy) is 1. The molecular weight excluding hydrogens is 315 g/mol. The molecule has 4 rings (SSSR count). The van der Waals surface area contributed by atoms with Gasteiger partial charge in [-0.15, -0.1) is 11.3 Å². The van der Waals surface area contributed by atoms with Gasteiger partial charge in [0.1, 0.15) is 4.83 Å². The van der Waals surface area contributed by atoms with E-state index < -0.39 is 5.82 Å². The van der Waals surface area contributed by atoms with Crippen molar-refractivity contribution < 1.29 is 9.13 Å². The maximum Gasteiger partial charge on any atom is 0.262 e. The van der Waals surface area contributed by atoms with Gasteiger partial charge in [0, 0.05) is 4.88 Å². The largest absolute Gasteiger partial charge is 0.494 e. The number of aryl methyl sites for hydroxylation is 2. The Labute approximate surface area is 136 Å². The molecule has 118 valence electrons. The minimum Gasteiger partial charge on any atom is -0.494 e. The van der Waals surface area contributed by atoms with Crippen molar-refractivity contribution in [3.8, 4) is 5.75 Å². The molecule has 0 atom stereocenters. The van der Waals surface area contributed by atoms with E-state index in [1.54, 1.807) is 34.4 Å². The molecule has 2 aromatic heterocycles. The molecule has 0 unspecified atom stereocenters. The predicted molar refractivity (Wildman–Crippen MR) is 88.0 cm³/mol. The molecule has 0 spiro atoms. The van der Waals surface area contributed by atoms with Crippen molar-refractivity contribution >= 4 is 21.6 Å². The van der Waals surface area contributed by atoms with Crippen LogP contribution in [0.4, 0.5) is 4.39 Å². The van der Waals surface area contributed by atoms with E-state index in [9.17, 15) is 9.18 Å². The van der Waals surface area contributed by atoms with Crippen LogP contribution < -0.4 is 10.3 Å². The average molecular weight is 330 g/mol. The highest BCUT2D eigenvalue weighted by molar-refractivity contribution is 7.18. The lowest BCUT2D eigenvalue weighted by Crippen LogP contribution is -2.21. The van der Waals surface area contributed by atoms with E-state index in [4.69, 9.17) is 4.74 Å². The first-order chi connectivity index (χ1) is 11.2. The second-order valence-corrected chi connectivity index (χ2v) is 6.77. The Bertz CT molecular complexity index is 961. The Balaban J connectivity index is 1.76. The Kier molecular flexibility index (Phi) is 3.41. The van der Waals surface area contributed by atoms with Gasteiger partial charge in [-0.05, 0) is 42.5 Å². The molecular formula is C17H15FN2O2S. The lowest BCUT2D eigenvalue weighted by atomic mass is 10.2. The maximum atomic E-state index is 13.8. The Hall–Kier alpha value is -2.21. The van der Waals surface area contributed by atoms with Gasteiger partial charge in [0.2, 0.25) is 0 Å². The summed E-state index contributed by atoms with van der Waals surface area (Å²) in [5.41, 5.74) is 1.84. The highest BCUT2D eigenvalue weighted by Gasteiger charge is 2.21. The molecule has 2 heterocycles. The Morgan fingerprint density at radius 2 is 2.26 bits per heavy atom. The first kappa shape index (κ1) is 14.4. The number of rotatable bonds is 3. The van der Waals surface area contributed by atoms with Crippen molar-refractivity contribution in [2.24, 2.45) is 0 Å². The molecule has 4 nitrogen and oxygen atoms in total. The standard InChI is InChI=1S/C17H15FN2O2S/c1-22-13-6-5-10(7-12(13)18)8-20-9-19-16-15(17(20)21)11-3-2-4-14(11)23-16/h5-7,9H,2-4,8H2,1H3. The van der Waals surface area contributed by atoms with Crippen molar-refractivity contribution in [2.45, 2.75) is 25.8 Å². The molecule has 1 aliphatic carbocycles. The van der Waals surface area contributed by atoms with Crippen LogP contribution in [0.25, 0.3) is 10.2 Å². The van der Waals surface area contributed by atoms with E-state index in [0.717, 1.165) is 35.0 Å². The summed E-state index contributed by atoms with van der Waals surface area (Å²) < 4.78 is 20.3. The number of methoxy groups -OCH3 is 1. The van der Waals surface area contributed by atoms with Crippen LogP contribution in [0.1, 0.15) is 22.4 Å². The summed E-state index contributed by atoms with van der Waals surface area (Å²) in [6, 6.07) is 4.73. The van der Waals surface area contributed by atoms with Crippen molar-refractivity contribution in [2.75, 3.05) is 7.11 Å². The average Bonchev–Trinajstić information content (AvgIpc) is 3.11. The summed E-state index contributed by atoms with van der Waals surface area (Å²) in [6.07, 6.45) is 4.65. The fourth-order valence-electron chi connectivity index (χ4n) is 3.14. The molecule has 0 saturated heterocycles. The highest BCUT2D eigenvalue weighted by atomic mass is 32.1. The third-order valence-electron chi connectivity index (χ3n) is 4.26. The SMILES string of the molecule is COc1ccc(Cn2cnc3sc4c(c3c2=O)CCC4)cc1F. The van der Waals surface area contributed by atoms with Crippen LogP contribution in [0.2, 0.25) is 0 Å². The van der Waals surface area contributed by atoms with E-state index >= 15 is 0 Å². The second kappa shape index (κ2) is 5.45. The second-order valence-electron chi connectivity index (χ2n) is 5.68. The Morgan fingerprint density at radius 3 is 3.04 bits per heavy atom. The number of nitrogens with zero attached hydrogens (tertiary/aromatic N) is 2. The van der Waals surface area contributed by atoms with Crippen LogP contribution in [0.15, 0.2) is 29.3 Å². The predicted octanol–water partition coefficient (Wildman–Crippen LogP) is 3.14. The molecule has 6 heteroatoms. The molecule has 0 aliphatic heterocycles. The molecule has 0 amide bonds. The van der Waals surface area contributed by atoms with Crippen molar-refractivity contribution in [1.82, 2.24) is 9.55 Å². The fourth-order valence-corrected chi connectivity index (χ4v) is 4.36. The summed E-state index contributed by atoms with van der Waals surface area (Å²) in [5, 5.41) is 0.749. The van der Waals surface area contributed by atoms with Crippen LogP contribution in [-0.2, 0) is 19.4 Å². The zero-order chi connectivity index (χ0) is 16.0. The van der Waals surface area contributed by atoms with Crippen molar-refractivity contribution in [1.29, 1.82) is 0 Å². The van der Waals surface area contributed by atoms with E-state index in [2.05, 4.69) is 4.98 Å². The van der Waals surface area contributed by atoms with Gasteiger partial charge in [0.15, 0.2) is 11.6 Å². The molecule has 1 aliphatic rings. The summed E-state index contributed by atoms with van der Waals surface area (Å²) in [5.74, 6) is -0.228. The molecule has 0 saturated carbocycles. The van der Waals surface area contributed by atoms with Crippen LogP contribution >= 0.6 is 11.3 Å². The number of benzene rings is 1. The van der Waals surface area contributed by atoms with Gasteiger partial charge in [-0.2, -0.15) is 0 Å². The highest BCUT2D eigenvalue weighted by Crippen LogP contribution is 2.34. The van der Waals surface area contributed by atoms with Gasteiger partial charge in [0.05, 0.1) is 25.4 Å². The minimum atomic E-state index is -0.427. The summed E-state index contributed by atoms with van der Waals surface area (Å²) in [4.78, 5) is 19.3. The molecule has 3 aromatic rings. The van der Waals surface area contributed by atoms with Crippen LogP contribution in [-0.4, -0.2) is 16.7 Å². The van der Waals surface area contributed by atoms with E-state index in [0.29, 0.717) is 12.1 Å². The minimum absolute atomic E-state index is 0.0365. The fraction of sp³-hybridized carbons (Fsp3) is 0.294. The van der Waals surface area contributed by atoms with E-state index in [1.807, 2.05) is 0 Å². The molecule has 0 fully saturated rings. The zero-order valence-electron chi connectivity index (χ0n) is 12.6. The van der Waals surface area contributed by atoms with Gasteiger partial charge < -0.3 is 4.74 Å². The molecule has 23 heavy (non-hydrogen) atoms. The zero-order valence-corrected chi connectivity index (χ0v) is 13.5. The lowest BCUT2D eigenvalue weighted by molar-refractivity contribution is 0.386. The van der Waals surface area contributed by atoms with Gasteiger partial charge in [-0.25, -0.2) is 9.37 Å². The third kappa shape index (κ3) is 2.34. The molecule has 0 N–H and O–H groups in total. The third-order valence-corrected chi connectivity index (χ3v) is 5.46. The van der Waals surface area contributed by atoms with Crippen molar-refractivity contribution in [3.63, 3.8) is 0 Å². The normalized spacial score (nSPS) is 13.5. The summed E-state index contributed by atoms with van der Waals surface area (Å²) >= 11 is 1.62. The van der Waals surface area contributed by atoms with Gasteiger partial charge in [-0.1, -0.05) is 6.07 Å². The number of hydrogen-bond donors (Lipinski definition) is 0. The maximum absolute atomic E-state index is 13.8. The number of fused-ring (bicyclic) bond motifs is 3. The van der Waals surface area contributed by atoms with Gasteiger partial charge in [-0.3, -0.25) is 9.36 Å². The topological polar surface area (TPSA) is 44.1 Å². The monoisotopic (exact) mass is 330 g/mol. The van der Waals surface area contributed by atoms with Crippen LogP contribution in [0.5, 0.6) is 5.75 Å². The number of aromatic nitrogens is 2. The van der Waals surface area contributed by atoms with Gasteiger partial charge >= 0.3 is 0 Å². The summed E-state index contributed by atoms with van der Waals surface area (Å²) in [7, 11) is 1.43. The first-order valence-electron chi connectivity index (χ1n) is 7.49. The quantitative estimate of drug-likeness (QED) is 0.741.